The SMILES string of the molecule is [N-]=N.[N-]=N.[Ni+2]. The Morgan fingerprint density at radius 2 is 0.800 bits per heavy atom. The third-order valence-electron chi connectivity index (χ3n) is 0. The molecule has 0 radical (unpaired) electrons. The van der Waals surface area contributed by atoms with Gasteiger partial charge in [-0.25, -0.2) is 0 Å². The van der Waals surface area contributed by atoms with E-state index in [1.165, 1.54) is 0 Å². The summed E-state index contributed by atoms with van der Waals surface area (Å²) >= 11 is 0. The number of rotatable bonds is 0. The number of nitrogens with zero attached hydrogens (tertiary/aromatic N) is 2. The first kappa shape index (κ1) is 22.3. The molecule has 0 aromatic carbocycles. The molecule has 0 saturated heterocycles. The summed E-state index contributed by atoms with van der Waals surface area (Å²) in [6.07, 6.45) is 0. The second-order valence-corrected chi connectivity index (χ2v) is 0. The first-order valence-electron chi connectivity index (χ1n) is 0.447. The van der Waals surface area contributed by atoms with Crippen molar-refractivity contribution in [2.24, 2.45) is 0 Å². The van der Waals surface area contributed by atoms with Gasteiger partial charge < -0.3 is 22.1 Å². The van der Waals surface area contributed by atoms with Gasteiger partial charge >= 0.3 is 16.5 Å². The smallest absolute Gasteiger partial charge is 0.715 e. The van der Waals surface area contributed by atoms with Crippen LogP contribution in [0.25, 0.3) is 11.1 Å². The van der Waals surface area contributed by atoms with Crippen molar-refractivity contribution in [1.29, 1.82) is 11.1 Å². The van der Waals surface area contributed by atoms with Gasteiger partial charge in [-0.05, 0) is 0 Å². The van der Waals surface area contributed by atoms with Crippen LogP contribution < -0.4 is 0 Å². The predicted octanol–water partition coefficient (Wildman–Crippen LogP) is 1.17. The van der Waals surface area contributed by atoms with Crippen LogP contribution in [-0.4, -0.2) is 0 Å². The van der Waals surface area contributed by atoms with Crippen molar-refractivity contribution in [2.45, 2.75) is 0 Å². The molecule has 0 heterocycles. The van der Waals surface area contributed by atoms with Gasteiger partial charge in [-0.1, -0.05) is 0 Å². The quantitative estimate of drug-likeness (QED) is 0.351. The zero-order chi connectivity index (χ0) is 4.00. The average molecular weight is 117 g/mol. The molecule has 0 atom stereocenters. The second-order valence-electron chi connectivity index (χ2n) is 0. The Balaban J connectivity index is -0.0000000133. The molecule has 0 aromatic heterocycles. The van der Waals surface area contributed by atoms with Gasteiger partial charge in [0.15, 0.2) is 0 Å². The van der Waals surface area contributed by atoms with E-state index < -0.39 is 0 Å². The van der Waals surface area contributed by atoms with E-state index in [0.717, 1.165) is 0 Å². The molecule has 0 rings (SSSR count). The molecule has 0 spiro atoms. The normalized spacial score (nSPS) is 1.60. The van der Waals surface area contributed by atoms with Crippen LogP contribution in [0.3, 0.4) is 0 Å². The Morgan fingerprint density at radius 1 is 0.800 bits per heavy atom. The van der Waals surface area contributed by atoms with Crippen molar-refractivity contribution in [3.05, 3.63) is 11.1 Å². The summed E-state index contributed by atoms with van der Waals surface area (Å²) in [5, 5.41) is 0. The Labute approximate surface area is 39.5 Å². The fourth-order valence-electron chi connectivity index (χ4n) is 0. The van der Waals surface area contributed by atoms with Gasteiger partial charge in [0, 0.05) is 0 Å². The second kappa shape index (κ2) is 285. The minimum atomic E-state index is 0. The minimum Gasteiger partial charge on any atom is -0.715 e. The summed E-state index contributed by atoms with van der Waals surface area (Å²) < 4.78 is 0. The van der Waals surface area contributed by atoms with Crippen molar-refractivity contribution >= 4 is 0 Å². The Morgan fingerprint density at radius 3 is 0.800 bits per heavy atom. The van der Waals surface area contributed by atoms with Gasteiger partial charge in [0.1, 0.15) is 0 Å². The van der Waals surface area contributed by atoms with Crippen molar-refractivity contribution in [3.8, 4) is 0 Å². The Bertz CT molecular complexity index is 5.61. The maximum absolute atomic E-state index is 6.25. The molecule has 0 aliphatic heterocycles. The van der Waals surface area contributed by atoms with Crippen LogP contribution in [0.4, 0.5) is 0 Å². The summed E-state index contributed by atoms with van der Waals surface area (Å²) in [6, 6.07) is 0. The van der Waals surface area contributed by atoms with Gasteiger partial charge in [-0.2, -0.15) is 0 Å². The van der Waals surface area contributed by atoms with Crippen LogP contribution in [-0.2, 0) is 16.5 Å². The van der Waals surface area contributed by atoms with Gasteiger partial charge in [0.2, 0.25) is 0 Å². The fraction of sp³-hybridized carbons (Fsp3) is 0. The molecule has 32 valence electrons. The van der Waals surface area contributed by atoms with E-state index in [1.807, 2.05) is 0 Å². The topological polar surface area (TPSA) is 92.3 Å². The Kier molecular flexibility index (Phi) is 1270. The third-order valence-corrected chi connectivity index (χ3v) is 0. The third kappa shape index (κ3) is 113. The van der Waals surface area contributed by atoms with Crippen LogP contribution in [0.5, 0.6) is 0 Å². The van der Waals surface area contributed by atoms with Gasteiger partial charge in [-0.15, -0.1) is 0 Å². The number of hydrogen-bond donors (Lipinski definition) is 2. The average Bonchev–Trinajstić information content (AvgIpc) is 1.50. The zero-order valence-corrected chi connectivity index (χ0v) is 3.20. The summed E-state index contributed by atoms with van der Waals surface area (Å²) in [4.78, 5) is 0. The first-order chi connectivity index (χ1) is 2.00. The zero-order valence-electron chi connectivity index (χ0n) is 2.21. The Hall–Kier alpha value is -0.306. The molecule has 0 aliphatic rings. The van der Waals surface area contributed by atoms with Crippen LogP contribution in [0.2, 0.25) is 0 Å². The van der Waals surface area contributed by atoms with Crippen molar-refractivity contribution in [1.82, 2.24) is 0 Å². The fourth-order valence-corrected chi connectivity index (χ4v) is 0. The monoisotopic (exact) mass is 116 g/mol. The van der Waals surface area contributed by atoms with E-state index in [-0.39, 0.29) is 16.5 Å². The molecule has 0 bridgehead atoms. The standard InChI is InChI=1S/2HN2.Ni/c2*1-2;/h2*1H;/q2*-1;+2. The van der Waals surface area contributed by atoms with Crippen molar-refractivity contribution in [3.63, 3.8) is 0 Å². The van der Waals surface area contributed by atoms with E-state index in [9.17, 15) is 0 Å². The van der Waals surface area contributed by atoms with Gasteiger partial charge in [0.25, 0.3) is 0 Å². The number of hydrogen-bond acceptors (Lipinski definition) is 2. The summed E-state index contributed by atoms with van der Waals surface area (Å²) in [6.45, 7) is 0. The summed E-state index contributed by atoms with van der Waals surface area (Å²) in [5.74, 6) is 0. The minimum absolute atomic E-state index is 0. The largest absolute Gasteiger partial charge is 2.00 e. The van der Waals surface area contributed by atoms with Gasteiger partial charge in [0.05, 0.1) is 0 Å². The van der Waals surface area contributed by atoms with Crippen LogP contribution in [0.15, 0.2) is 0 Å². The van der Waals surface area contributed by atoms with E-state index in [2.05, 4.69) is 0 Å². The van der Waals surface area contributed by atoms with Crippen LogP contribution in [0.1, 0.15) is 0 Å². The van der Waals surface area contributed by atoms with E-state index >= 15 is 0 Å². The van der Waals surface area contributed by atoms with Crippen LogP contribution in [0, 0.1) is 11.1 Å². The molecule has 0 saturated carbocycles. The van der Waals surface area contributed by atoms with E-state index in [0.29, 0.717) is 0 Å². The number of nitrogens with one attached hydrogen (secondary N) is 2. The molecule has 0 aromatic rings. The molecule has 0 amide bonds. The molecule has 0 aliphatic carbocycles. The summed E-state index contributed by atoms with van der Waals surface area (Å²) in [5.41, 5.74) is 22.0. The molecule has 0 fully saturated rings. The molecule has 5 heavy (non-hydrogen) atoms. The van der Waals surface area contributed by atoms with Crippen LogP contribution >= 0.6 is 0 Å². The maximum Gasteiger partial charge on any atom is 2.00 e. The molecular formula is H2N4Ni. The molecular weight excluding hydrogens is 115 g/mol. The van der Waals surface area contributed by atoms with Crippen molar-refractivity contribution in [2.75, 3.05) is 0 Å². The molecule has 5 heteroatoms. The first-order valence-corrected chi connectivity index (χ1v) is 0.447. The maximum atomic E-state index is 6.25. The summed E-state index contributed by atoms with van der Waals surface area (Å²) in [7, 11) is 0. The molecule has 2 N–H and O–H groups in total. The van der Waals surface area contributed by atoms with Crippen molar-refractivity contribution < 1.29 is 16.5 Å². The predicted molar refractivity (Wildman–Crippen MR) is 12.2 cm³/mol. The molecule has 0 unspecified atom stereocenters. The van der Waals surface area contributed by atoms with E-state index in [1.54, 1.807) is 0 Å². The van der Waals surface area contributed by atoms with E-state index in [4.69, 9.17) is 22.1 Å². The van der Waals surface area contributed by atoms with Gasteiger partial charge in [-0.3, -0.25) is 0 Å². The molecule has 4 nitrogen and oxygen atoms in total.